The number of rotatable bonds is 5. The average Bonchev–Trinajstić information content (AvgIpc) is 2.82. The molecule has 1 aliphatic heterocycles. The topological polar surface area (TPSA) is 34.1 Å². The highest BCUT2D eigenvalue weighted by Gasteiger charge is 2.21. The number of amidine groups is 1. The highest BCUT2D eigenvalue weighted by molar-refractivity contribution is 6.02. The maximum absolute atomic E-state index is 5.84. The quantitative estimate of drug-likeness (QED) is 0.801. The molecule has 1 heterocycles. The van der Waals surface area contributed by atoms with E-state index in [0.29, 0.717) is 6.61 Å². The standard InChI is InChI=1S/C14H20N2O2/c1-4-10-18-13-11(6-5-7-12(13)17-3)14-15-8-9-16(14)2/h5-7H,4,8-10H2,1-3H3. The first-order chi connectivity index (χ1) is 8.77. The van der Waals surface area contributed by atoms with Crippen molar-refractivity contribution in [3.8, 4) is 11.5 Å². The maximum atomic E-state index is 5.84. The fourth-order valence-corrected chi connectivity index (χ4v) is 2.03. The summed E-state index contributed by atoms with van der Waals surface area (Å²) in [5.41, 5.74) is 1.02. The molecule has 0 atom stereocenters. The predicted molar refractivity (Wildman–Crippen MR) is 72.8 cm³/mol. The summed E-state index contributed by atoms with van der Waals surface area (Å²) in [6.45, 7) is 4.58. The van der Waals surface area contributed by atoms with Crippen molar-refractivity contribution in [2.24, 2.45) is 4.99 Å². The van der Waals surface area contributed by atoms with Crippen molar-refractivity contribution in [1.29, 1.82) is 0 Å². The van der Waals surface area contributed by atoms with Crippen LogP contribution in [0.15, 0.2) is 23.2 Å². The molecular weight excluding hydrogens is 228 g/mol. The summed E-state index contributed by atoms with van der Waals surface area (Å²) in [7, 11) is 3.72. The predicted octanol–water partition coefficient (Wildman–Crippen LogP) is 2.18. The number of aliphatic imine (C=N–C) groups is 1. The summed E-state index contributed by atoms with van der Waals surface area (Å²) >= 11 is 0. The Kier molecular flexibility index (Phi) is 4.07. The van der Waals surface area contributed by atoms with Crippen molar-refractivity contribution in [3.05, 3.63) is 23.8 Å². The van der Waals surface area contributed by atoms with E-state index < -0.39 is 0 Å². The van der Waals surface area contributed by atoms with Crippen molar-refractivity contribution in [2.75, 3.05) is 33.9 Å². The zero-order valence-corrected chi connectivity index (χ0v) is 11.3. The first-order valence-corrected chi connectivity index (χ1v) is 6.33. The van der Waals surface area contributed by atoms with Gasteiger partial charge in [-0.2, -0.15) is 0 Å². The molecule has 0 aromatic heterocycles. The molecule has 0 aliphatic carbocycles. The Balaban J connectivity index is 2.39. The average molecular weight is 248 g/mol. The molecule has 0 unspecified atom stereocenters. The largest absolute Gasteiger partial charge is 0.493 e. The molecular formula is C14H20N2O2. The summed E-state index contributed by atoms with van der Waals surface area (Å²) < 4.78 is 11.2. The van der Waals surface area contributed by atoms with E-state index >= 15 is 0 Å². The highest BCUT2D eigenvalue weighted by Crippen LogP contribution is 2.32. The minimum absolute atomic E-state index is 0.685. The van der Waals surface area contributed by atoms with Crippen molar-refractivity contribution in [2.45, 2.75) is 13.3 Å². The number of nitrogens with zero attached hydrogens (tertiary/aromatic N) is 2. The van der Waals surface area contributed by atoms with Crippen LogP contribution in [0.4, 0.5) is 0 Å². The van der Waals surface area contributed by atoms with Gasteiger partial charge in [-0.05, 0) is 18.6 Å². The number of para-hydroxylation sites is 1. The van der Waals surface area contributed by atoms with Gasteiger partial charge in [0.05, 0.1) is 25.8 Å². The van der Waals surface area contributed by atoms with Crippen molar-refractivity contribution in [1.82, 2.24) is 4.90 Å². The van der Waals surface area contributed by atoms with E-state index in [1.54, 1.807) is 7.11 Å². The number of methoxy groups -OCH3 is 1. The number of hydrogen-bond acceptors (Lipinski definition) is 4. The second-order valence-corrected chi connectivity index (χ2v) is 4.31. The van der Waals surface area contributed by atoms with Gasteiger partial charge in [0.15, 0.2) is 11.5 Å². The molecule has 0 saturated carbocycles. The Labute approximate surface area is 108 Å². The van der Waals surface area contributed by atoms with Gasteiger partial charge in [-0.1, -0.05) is 13.0 Å². The zero-order valence-electron chi connectivity index (χ0n) is 11.3. The molecule has 1 aromatic carbocycles. The number of benzene rings is 1. The van der Waals surface area contributed by atoms with E-state index in [9.17, 15) is 0 Å². The number of ether oxygens (including phenoxy) is 2. The Morgan fingerprint density at radius 3 is 2.83 bits per heavy atom. The Hall–Kier alpha value is -1.71. The van der Waals surface area contributed by atoms with E-state index in [4.69, 9.17) is 9.47 Å². The van der Waals surface area contributed by atoms with Gasteiger partial charge in [0.25, 0.3) is 0 Å². The molecule has 0 N–H and O–H groups in total. The minimum Gasteiger partial charge on any atom is -0.493 e. The first-order valence-electron chi connectivity index (χ1n) is 6.33. The Morgan fingerprint density at radius 1 is 1.39 bits per heavy atom. The van der Waals surface area contributed by atoms with Crippen LogP contribution in [0.3, 0.4) is 0 Å². The molecule has 18 heavy (non-hydrogen) atoms. The summed E-state index contributed by atoms with van der Waals surface area (Å²) in [5, 5.41) is 0. The second kappa shape index (κ2) is 5.76. The van der Waals surface area contributed by atoms with Gasteiger partial charge in [-0.25, -0.2) is 0 Å². The van der Waals surface area contributed by atoms with Crippen LogP contribution in [-0.2, 0) is 0 Å². The molecule has 0 amide bonds. The fraction of sp³-hybridized carbons (Fsp3) is 0.500. The van der Waals surface area contributed by atoms with Crippen LogP contribution in [0.2, 0.25) is 0 Å². The Bertz CT molecular complexity index is 443. The third-order valence-electron chi connectivity index (χ3n) is 2.95. The van der Waals surface area contributed by atoms with E-state index in [1.165, 1.54) is 0 Å². The van der Waals surface area contributed by atoms with Crippen LogP contribution in [0, 0.1) is 0 Å². The molecule has 0 fully saturated rings. The molecule has 2 rings (SSSR count). The summed E-state index contributed by atoms with van der Waals surface area (Å²) in [5.74, 6) is 2.55. The third-order valence-corrected chi connectivity index (χ3v) is 2.95. The van der Waals surface area contributed by atoms with Gasteiger partial charge in [-0.3, -0.25) is 4.99 Å². The number of likely N-dealkylation sites (N-methyl/N-ethyl adjacent to an activating group) is 1. The van der Waals surface area contributed by atoms with E-state index in [1.807, 2.05) is 18.2 Å². The first kappa shape index (κ1) is 12.7. The monoisotopic (exact) mass is 248 g/mol. The van der Waals surface area contributed by atoms with Crippen molar-refractivity contribution < 1.29 is 9.47 Å². The van der Waals surface area contributed by atoms with Gasteiger partial charge in [0.2, 0.25) is 0 Å². The molecule has 0 saturated heterocycles. The summed E-state index contributed by atoms with van der Waals surface area (Å²) in [6.07, 6.45) is 0.972. The van der Waals surface area contributed by atoms with Gasteiger partial charge < -0.3 is 14.4 Å². The lowest BCUT2D eigenvalue weighted by atomic mass is 10.1. The van der Waals surface area contributed by atoms with Crippen molar-refractivity contribution >= 4 is 5.84 Å². The van der Waals surface area contributed by atoms with Gasteiger partial charge in [0.1, 0.15) is 5.84 Å². The molecule has 98 valence electrons. The van der Waals surface area contributed by atoms with Crippen LogP contribution in [0.25, 0.3) is 0 Å². The van der Waals surface area contributed by atoms with Crippen LogP contribution >= 0.6 is 0 Å². The normalized spacial score (nSPS) is 14.6. The highest BCUT2D eigenvalue weighted by atomic mass is 16.5. The lowest BCUT2D eigenvalue weighted by Gasteiger charge is -2.19. The molecule has 0 radical (unpaired) electrons. The second-order valence-electron chi connectivity index (χ2n) is 4.31. The molecule has 4 nitrogen and oxygen atoms in total. The van der Waals surface area contributed by atoms with Gasteiger partial charge in [0, 0.05) is 13.6 Å². The molecule has 1 aromatic rings. The molecule has 4 heteroatoms. The van der Waals surface area contributed by atoms with Crippen molar-refractivity contribution in [3.63, 3.8) is 0 Å². The molecule has 0 spiro atoms. The maximum Gasteiger partial charge on any atom is 0.172 e. The number of hydrogen-bond donors (Lipinski definition) is 0. The fourth-order valence-electron chi connectivity index (χ4n) is 2.03. The molecule has 0 bridgehead atoms. The molecule has 1 aliphatic rings. The zero-order chi connectivity index (χ0) is 13.0. The Morgan fingerprint density at radius 2 is 2.22 bits per heavy atom. The van der Waals surface area contributed by atoms with Gasteiger partial charge in [-0.15, -0.1) is 0 Å². The summed E-state index contributed by atoms with van der Waals surface area (Å²) in [4.78, 5) is 6.68. The lowest BCUT2D eigenvalue weighted by molar-refractivity contribution is 0.293. The van der Waals surface area contributed by atoms with E-state index in [-0.39, 0.29) is 0 Å². The van der Waals surface area contributed by atoms with Crippen LogP contribution in [0.5, 0.6) is 11.5 Å². The van der Waals surface area contributed by atoms with E-state index in [0.717, 1.165) is 42.4 Å². The lowest BCUT2D eigenvalue weighted by Crippen LogP contribution is -2.24. The minimum atomic E-state index is 0.685. The van der Waals surface area contributed by atoms with E-state index in [2.05, 4.69) is 23.9 Å². The van der Waals surface area contributed by atoms with Crippen LogP contribution < -0.4 is 9.47 Å². The van der Waals surface area contributed by atoms with Gasteiger partial charge >= 0.3 is 0 Å². The summed E-state index contributed by atoms with van der Waals surface area (Å²) in [6, 6.07) is 5.93. The smallest absolute Gasteiger partial charge is 0.172 e. The van der Waals surface area contributed by atoms with Crippen LogP contribution in [-0.4, -0.2) is 44.6 Å². The third kappa shape index (κ3) is 2.42. The SMILES string of the molecule is CCCOc1c(OC)cccc1C1=NCCN1C. The van der Waals surface area contributed by atoms with Crippen LogP contribution in [0.1, 0.15) is 18.9 Å².